The second-order valence-corrected chi connectivity index (χ2v) is 21.7. The van der Waals surface area contributed by atoms with Crippen LogP contribution >= 0.6 is 57.1 Å². The summed E-state index contributed by atoms with van der Waals surface area (Å²) in [6.07, 6.45) is 3.60. The van der Waals surface area contributed by atoms with E-state index in [2.05, 4.69) is 0 Å². The first-order valence-corrected chi connectivity index (χ1v) is 18.4. The van der Waals surface area contributed by atoms with Crippen molar-refractivity contribution in [2.75, 3.05) is 0 Å². The van der Waals surface area contributed by atoms with Crippen LogP contribution in [0.1, 0.15) is 81.1 Å². The normalized spacial score (nSPS) is 19.9. The number of hydrogen-bond acceptors (Lipinski definition) is 8. The Morgan fingerprint density at radius 3 is 0.852 bits per heavy atom. The fourth-order valence-electron chi connectivity index (χ4n) is 1.23. The van der Waals surface area contributed by atoms with Gasteiger partial charge >= 0.3 is 19.5 Å². The maximum absolute atomic E-state index is 11.5. The Labute approximate surface area is 196 Å². The van der Waals surface area contributed by atoms with Crippen LogP contribution in [-0.2, 0) is 28.6 Å². The summed E-state index contributed by atoms with van der Waals surface area (Å²) in [5, 5.41) is 0.833. The van der Waals surface area contributed by atoms with Crippen LogP contribution < -0.4 is 9.79 Å². The molecule has 11 heteroatoms. The van der Waals surface area contributed by atoms with Gasteiger partial charge in [-0.2, -0.15) is 0 Å². The SMILES string of the molecule is CCC(C)SP(=O)([O-])SC(C)CC.CCC(C)SP(=O)([O-])SC(C)CC.[Zn+2]. The van der Waals surface area contributed by atoms with Crippen molar-refractivity contribution in [3.8, 4) is 0 Å². The molecule has 0 aliphatic heterocycles. The zero-order chi connectivity index (χ0) is 21.0. The first-order chi connectivity index (χ1) is 11.8. The maximum Gasteiger partial charge on any atom is 2.00 e. The van der Waals surface area contributed by atoms with E-state index in [0.29, 0.717) is 0 Å². The molecular formula is C16H36O4P2S4Zn. The first-order valence-electron chi connectivity index (χ1n) is 9.17. The van der Waals surface area contributed by atoms with Crippen molar-refractivity contribution in [1.29, 1.82) is 0 Å². The van der Waals surface area contributed by atoms with Gasteiger partial charge in [0.1, 0.15) is 11.5 Å². The van der Waals surface area contributed by atoms with Crippen LogP contribution in [-0.4, -0.2) is 21.0 Å². The Morgan fingerprint density at radius 2 is 0.741 bits per heavy atom. The van der Waals surface area contributed by atoms with Crippen molar-refractivity contribution in [1.82, 2.24) is 0 Å². The van der Waals surface area contributed by atoms with Gasteiger partial charge in [-0.15, -0.1) is 0 Å². The topological polar surface area (TPSA) is 80.3 Å². The molecule has 0 aromatic heterocycles. The van der Waals surface area contributed by atoms with E-state index < -0.39 is 11.5 Å². The zero-order valence-corrected chi connectivity index (χ0v) is 26.0. The van der Waals surface area contributed by atoms with E-state index in [9.17, 15) is 18.9 Å². The predicted molar refractivity (Wildman–Crippen MR) is 125 cm³/mol. The molecular weight excluding hydrogens is 512 g/mol. The standard InChI is InChI=1S/2C8H19O2PS2.Zn/c2*1-5-7(3)12-11(9,10)13-8(4)6-2;/h2*7-8H,5-6H2,1-4H3,(H,9,10);/q;;+2/p-2. The Morgan fingerprint density at radius 1 is 0.593 bits per heavy atom. The molecule has 0 aliphatic rings. The smallest absolute Gasteiger partial charge is 0.784 e. The molecule has 4 nitrogen and oxygen atoms in total. The summed E-state index contributed by atoms with van der Waals surface area (Å²) in [6.45, 7) is 15.8. The molecule has 0 saturated heterocycles. The third kappa shape index (κ3) is 21.4. The van der Waals surface area contributed by atoms with Crippen LogP contribution in [0.4, 0.5) is 0 Å². The summed E-state index contributed by atoms with van der Waals surface area (Å²) in [4.78, 5) is 23.0. The fraction of sp³-hybridized carbons (Fsp3) is 1.00. The molecule has 0 heterocycles. The average Bonchev–Trinajstić information content (AvgIpc) is 2.52. The third-order valence-electron chi connectivity index (χ3n) is 3.54. The molecule has 0 aromatic rings. The molecule has 4 unspecified atom stereocenters. The molecule has 4 atom stereocenters. The van der Waals surface area contributed by atoms with Gasteiger partial charge in [0.2, 0.25) is 0 Å². The van der Waals surface area contributed by atoms with Gasteiger partial charge in [0.25, 0.3) is 0 Å². The number of rotatable bonds is 12. The minimum atomic E-state index is -3.25. The van der Waals surface area contributed by atoms with Crippen LogP contribution in [0.5, 0.6) is 0 Å². The molecule has 0 rings (SSSR count). The van der Waals surface area contributed by atoms with Crippen molar-refractivity contribution in [2.24, 2.45) is 0 Å². The monoisotopic (exact) mass is 546 g/mol. The third-order valence-corrected chi connectivity index (χ3v) is 17.9. The second kappa shape index (κ2) is 18.0. The summed E-state index contributed by atoms with van der Waals surface area (Å²) in [7, 11) is 0. The molecule has 0 aromatic carbocycles. The molecule has 0 spiro atoms. The number of hydrogen-bond donors (Lipinski definition) is 0. The Balaban J connectivity index is -0.000000411. The van der Waals surface area contributed by atoms with Gasteiger partial charge in [-0.1, -0.05) is 101 Å². The van der Waals surface area contributed by atoms with E-state index in [4.69, 9.17) is 0 Å². The van der Waals surface area contributed by atoms with Gasteiger partial charge in [0.15, 0.2) is 0 Å². The Kier molecular flexibility index (Phi) is 22.7. The average molecular weight is 548 g/mol. The van der Waals surface area contributed by atoms with Crippen molar-refractivity contribution >= 4 is 57.1 Å². The molecule has 0 N–H and O–H groups in total. The minimum Gasteiger partial charge on any atom is -0.784 e. The summed E-state index contributed by atoms with van der Waals surface area (Å²) in [6, 6.07) is 0. The molecule has 0 saturated carbocycles. The molecule has 0 fully saturated rings. The van der Waals surface area contributed by atoms with E-state index >= 15 is 0 Å². The maximum atomic E-state index is 11.5. The molecule has 0 amide bonds. The summed E-state index contributed by atoms with van der Waals surface area (Å²) < 4.78 is 23.0. The zero-order valence-electron chi connectivity index (χ0n) is 18.0. The Hall–Kier alpha value is 2.40. The van der Waals surface area contributed by atoms with Gasteiger partial charge in [-0.25, -0.2) is 0 Å². The Bertz CT molecular complexity index is 388. The predicted octanol–water partition coefficient (Wildman–Crippen LogP) is 7.03. The quantitative estimate of drug-likeness (QED) is 0.190. The largest absolute Gasteiger partial charge is 2.00 e. The minimum absolute atomic E-state index is 0. The van der Waals surface area contributed by atoms with E-state index in [1.165, 1.54) is 0 Å². The van der Waals surface area contributed by atoms with Gasteiger partial charge in [0.05, 0.1) is 0 Å². The summed E-state index contributed by atoms with van der Waals surface area (Å²) in [5.74, 6) is -6.51. The van der Waals surface area contributed by atoms with Gasteiger partial charge < -0.3 is 18.9 Å². The van der Waals surface area contributed by atoms with Crippen LogP contribution in [0.15, 0.2) is 0 Å². The first kappa shape index (κ1) is 34.0. The van der Waals surface area contributed by atoms with Crippen LogP contribution in [0.3, 0.4) is 0 Å². The molecule has 27 heavy (non-hydrogen) atoms. The second-order valence-electron chi connectivity index (χ2n) is 6.19. The van der Waals surface area contributed by atoms with Crippen molar-refractivity contribution in [3.63, 3.8) is 0 Å². The molecule has 0 aliphatic carbocycles. The molecule has 0 bridgehead atoms. The van der Waals surface area contributed by atoms with Gasteiger partial charge in [-0.3, -0.25) is 0 Å². The van der Waals surface area contributed by atoms with Crippen molar-refractivity contribution < 1.29 is 38.4 Å². The van der Waals surface area contributed by atoms with Gasteiger partial charge in [0, 0.05) is 21.0 Å². The molecule has 160 valence electrons. The van der Waals surface area contributed by atoms with Crippen molar-refractivity contribution in [3.05, 3.63) is 0 Å². The van der Waals surface area contributed by atoms with Gasteiger partial charge in [-0.05, 0) is 25.7 Å². The van der Waals surface area contributed by atoms with E-state index in [-0.39, 0.29) is 40.5 Å². The van der Waals surface area contributed by atoms with Crippen molar-refractivity contribution in [2.45, 2.75) is 102 Å². The van der Waals surface area contributed by atoms with Crippen LogP contribution in [0, 0.1) is 0 Å². The summed E-state index contributed by atoms with van der Waals surface area (Å²) in [5.41, 5.74) is 0. The van der Waals surface area contributed by atoms with E-state index in [1.807, 2.05) is 55.4 Å². The molecule has 0 radical (unpaired) electrons. The summed E-state index contributed by atoms with van der Waals surface area (Å²) >= 11 is 4.43. The van der Waals surface area contributed by atoms with E-state index in [1.54, 1.807) is 0 Å². The van der Waals surface area contributed by atoms with Crippen LogP contribution in [0.25, 0.3) is 0 Å². The fourth-order valence-corrected chi connectivity index (χ4v) is 17.2. The van der Waals surface area contributed by atoms with Crippen LogP contribution in [0.2, 0.25) is 0 Å². The van der Waals surface area contributed by atoms with E-state index in [0.717, 1.165) is 71.2 Å².